The van der Waals surface area contributed by atoms with Crippen molar-refractivity contribution in [1.82, 2.24) is 19.9 Å². The number of rotatable bonds is 3. The summed E-state index contributed by atoms with van der Waals surface area (Å²) in [5, 5.41) is 9.09. The van der Waals surface area contributed by atoms with Gasteiger partial charge in [-0.15, -0.1) is 0 Å². The number of hydrogen-bond donors (Lipinski definition) is 0. The second-order valence-electron chi connectivity index (χ2n) is 4.66. The first-order chi connectivity index (χ1) is 10.0. The van der Waals surface area contributed by atoms with E-state index in [2.05, 4.69) is 31.2 Å². The lowest BCUT2D eigenvalue weighted by Crippen LogP contribution is -2.04. The fourth-order valence-electron chi connectivity index (χ4n) is 1.99. The van der Waals surface area contributed by atoms with Gasteiger partial charge in [0.05, 0.1) is 15.9 Å². The van der Waals surface area contributed by atoms with Crippen LogP contribution in [0.15, 0.2) is 33.3 Å². The minimum Gasteiger partial charge on any atom is -0.337 e. The average molecular weight is 368 g/mol. The zero-order valence-corrected chi connectivity index (χ0v) is 13.8. The topological polar surface area (TPSA) is 56.7 Å². The molecule has 0 spiro atoms. The highest BCUT2D eigenvalue weighted by Gasteiger charge is 2.13. The van der Waals surface area contributed by atoms with Crippen LogP contribution in [0.2, 0.25) is 5.02 Å². The largest absolute Gasteiger partial charge is 0.337 e. The molecule has 5 nitrogen and oxygen atoms in total. The van der Waals surface area contributed by atoms with E-state index in [-0.39, 0.29) is 0 Å². The van der Waals surface area contributed by atoms with E-state index in [4.69, 9.17) is 16.1 Å². The van der Waals surface area contributed by atoms with Gasteiger partial charge in [-0.1, -0.05) is 16.8 Å². The van der Waals surface area contributed by atoms with Crippen molar-refractivity contribution in [1.29, 1.82) is 0 Å². The van der Waals surface area contributed by atoms with Crippen LogP contribution in [-0.4, -0.2) is 19.9 Å². The molecule has 0 amide bonds. The van der Waals surface area contributed by atoms with Gasteiger partial charge in [0.2, 0.25) is 11.7 Å². The Morgan fingerprint density at radius 1 is 1.24 bits per heavy atom. The molecule has 7 heteroatoms. The molecule has 0 aliphatic rings. The van der Waals surface area contributed by atoms with Crippen molar-refractivity contribution in [3.8, 4) is 11.4 Å². The number of aromatic nitrogens is 4. The van der Waals surface area contributed by atoms with Gasteiger partial charge in [0.25, 0.3) is 0 Å². The molecule has 21 heavy (non-hydrogen) atoms. The van der Waals surface area contributed by atoms with Crippen molar-refractivity contribution in [3.05, 3.63) is 51.0 Å². The summed E-state index contributed by atoms with van der Waals surface area (Å²) in [5.41, 5.74) is 2.83. The fraction of sp³-hybridized carbons (Fsp3) is 0.214. The zero-order chi connectivity index (χ0) is 15.0. The molecule has 2 heterocycles. The Bertz CT molecular complexity index is 779. The third-order valence-corrected chi connectivity index (χ3v) is 4.55. The highest BCUT2D eigenvalue weighted by Crippen LogP contribution is 2.22. The third-order valence-electron chi connectivity index (χ3n) is 3.15. The van der Waals surface area contributed by atoms with E-state index in [9.17, 15) is 0 Å². The number of halogens is 2. The quantitative estimate of drug-likeness (QED) is 0.702. The molecule has 108 valence electrons. The molecule has 0 fully saturated rings. The second kappa shape index (κ2) is 5.61. The average Bonchev–Trinajstić information content (AvgIpc) is 3.02. The number of hydrogen-bond acceptors (Lipinski definition) is 4. The summed E-state index contributed by atoms with van der Waals surface area (Å²) in [4.78, 5) is 4.39. The van der Waals surface area contributed by atoms with Gasteiger partial charge >= 0.3 is 0 Å². The van der Waals surface area contributed by atoms with Crippen molar-refractivity contribution in [2.24, 2.45) is 0 Å². The molecule has 3 rings (SSSR count). The summed E-state index contributed by atoms with van der Waals surface area (Å²) in [5.74, 6) is 1.06. The van der Waals surface area contributed by atoms with Gasteiger partial charge in [0.1, 0.15) is 6.54 Å². The molecule has 0 saturated carbocycles. The number of benzene rings is 1. The van der Waals surface area contributed by atoms with Gasteiger partial charge in [-0.3, -0.25) is 4.68 Å². The lowest BCUT2D eigenvalue weighted by Gasteiger charge is -1.99. The molecule has 2 aromatic heterocycles. The van der Waals surface area contributed by atoms with Gasteiger partial charge in [0, 0.05) is 10.6 Å². The van der Waals surface area contributed by atoms with Crippen molar-refractivity contribution in [2.75, 3.05) is 0 Å². The molecule has 0 unspecified atom stereocenters. The summed E-state index contributed by atoms with van der Waals surface area (Å²) in [6.07, 6.45) is 0. The van der Waals surface area contributed by atoms with E-state index in [1.54, 1.807) is 12.1 Å². The van der Waals surface area contributed by atoms with Crippen LogP contribution >= 0.6 is 27.5 Å². The first-order valence-corrected chi connectivity index (χ1v) is 7.49. The van der Waals surface area contributed by atoms with E-state index in [1.165, 1.54) is 0 Å². The monoisotopic (exact) mass is 366 g/mol. The Balaban J connectivity index is 1.85. The van der Waals surface area contributed by atoms with Crippen LogP contribution in [0.5, 0.6) is 0 Å². The van der Waals surface area contributed by atoms with Crippen LogP contribution in [-0.2, 0) is 6.54 Å². The molecule has 0 aliphatic heterocycles. The smallest absolute Gasteiger partial charge is 0.248 e. The molecule has 0 bridgehead atoms. The van der Waals surface area contributed by atoms with Gasteiger partial charge in [-0.2, -0.15) is 10.1 Å². The summed E-state index contributed by atoms with van der Waals surface area (Å²) < 4.78 is 8.12. The lowest BCUT2D eigenvalue weighted by molar-refractivity contribution is 0.364. The normalized spacial score (nSPS) is 11.0. The van der Waals surface area contributed by atoms with Crippen LogP contribution in [0.1, 0.15) is 17.3 Å². The molecule has 0 saturated heterocycles. The van der Waals surface area contributed by atoms with Crippen LogP contribution in [0.3, 0.4) is 0 Å². The first kappa shape index (κ1) is 14.3. The fourth-order valence-corrected chi connectivity index (χ4v) is 2.40. The van der Waals surface area contributed by atoms with Crippen LogP contribution < -0.4 is 0 Å². The summed E-state index contributed by atoms with van der Waals surface area (Å²) >= 11 is 9.37. The summed E-state index contributed by atoms with van der Waals surface area (Å²) in [7, 11) is 0. The number of aryl methyl sites for hydroxylation is 1. The third kappa shape index (κ3) is 2.87. The minimum atomic E-state index is 0.443. The van der Waals surface area contributed by atoms with Gasteiger partial charge < -0.3 is 4.52 Å². The molecule has 0 aliphatic carbocycles. The Morgan fingerprint density at radius 3 is 2.57 bits per heavy atom. The SMILES string of the molecule is Cc1nn(Cc2nc(-c3ccc(Cl)cc3)no2)c(C)c1Br. The molecule has 0 N–H and O–H groups in total. The van der Waals surface area contributed by atoms with E-state index in [1.807, 2.05) is 30.7 Å². The summed E-state index contributed by atoms with van der Waals surface area (Å²) in [6.45, 7) is 4.37. The minimum absolute atomic E-state index is 0.443. The lowest BCUT2D eigenvalue weighted by atomic mass is 10.2. The van der Waals surface area contributed by atoms with Crippen molar-refractivity contribution in [2.45, 2.75) is 20.4 Å². The standard InChI is InChI=1S/C14H12BrClN4O/c1-8-13(15)9(2)20(18-8)7-12-17-14(19-21-12)10-3-5-11(16)6-4-10/h3-6H,7H2,1-2H3. The van der Waals surface area contributed by atoms with Crippen molar-refractivity contribution >= 4 is 27.5 Å². The Hall–Kier alpha value is -1.66. The second-order valence-corrected chi connectivity index (χ2v) is 5.89. The molecular weight excluding hydrogens is 356 g/mol. The van der Waals surface area contributed by atoms with Gasteiger partial charge in [-0.25, -0.2) is 0 Å². The maximum atomic E-state index is 5.87. The first-order valence-electron chi connectivity index (χ1n) is 6.32. The van der Waals surface area contributed by atoms with Crippen molar-refractivity contribution < 1.29 is 4.52 Å². The van der Waals surface area contributed by atoms with E-state index >= 15 is 0 Å². The summed E-state index contributed by atoms with van der Waals surface area (Å²) in [6, 6.07) is 7.31. The predicted octanol–water partition coefficient (Wildman–Crippen LogP) is 4.01. The predicted molar refractivity (Wildman–Crippen MR) is 83.2 cm³/mol. The Labute approximate surface area is 135 Å². The molecule has 0 radical (unpaired) electrons. The Morgan fingerprint density at radius 2 is 1.95 bits per heavy atom. The highest BCUT2D eigenvalue weighted by atomic mass is 79.9. The van der Waals surface area contributed by atoms with Gasteiger partial charge in [0.15, 0.2) is 0 Å². The maximum absolute atomic E-state index is 5.87. The molecule has 3 aromatic rings. The van der Waals surface area contributed by atoms with E-state index < -0.39 is 0 Å². The molecule has 1 aromatic carbocycles. The van der Waals surface area contributed by atoms with E-state index in [0.717, 1.165) is 21.4 Å². The number of nitrogens with zero attached hydrogens (tertiary/aromatic N) is 4. The van der Waals surface area contributed by atoms with Crippen LogP contribution in [0.25, 0.3) is 11.4 Å². The molecular formula is C14H12BrClN4O. The zero-order valence-electron chi connectivity index (χ0n) is 11.5. The van der Waals surface area contributed by atoms with Gasteiger partial charge in [-0.05, 0) is 54.0 Å². The van der Waals surface area contributed by atoms with Crippen LogP contribution in [0.4, 0.5) is 0 Å². The van der Waals surface area contributed by atoms with E-state index in [0.29, 0.717) is 23.3 Å². The Kier molecular flexibility index (Phi) is 3.82. The van der Waals surface area contributed by atoms with Crippen LogP contribution in [0, 0.1) is 13.8 Å². The maximum Gasteiger partial charge on any atom is 0.248 e. The highest BCUT2D eigenvalue weighted by molar-refractivity contribution is 9.10. The van der Waals surface area contributed by atoms with Crippen molar-refractivity contribution in [3.63, 3.8) is 0 Å². The molecule has 0 atom stereocenters.